The number of likely N-dealkylation sites (N-methyl/N-ethyl adjacent to an activating group) is 1. The van der Waals surface area contributed by atoms with Crippen molar-refractivity contribution in [3.8, 4) is 5.75 Å². The van der Waals surface area contributed by atoms with Crippen LogP contribution in [0.3, 0.4) is 0 Å². The molecule has 1 aromatic rings. The van der Waals surface area contributed by atoms with Crippen molar-refractivity contribution in [2.24, 2.45) is 0 Å². The number of nitrogens with zero attached hydrogens (tertiary/aromatic N) is 1. The van der Waals surface area contributed by atoms with Crippen molar-refractivity contribution in [2.45, 2.75) is 39.4 Å². The summed E-state index contributed by atoms with van der Waals surface area (Å²) in [6.07, 6.45) is 0.200. The van der Waals surface area contributed by atoms with Crippen LogP contribution in [-0.4, -0.2) is 68.3 Å². The number of benzene rings is 1. The first-order valence-electron chi connectivity index (χ1n) is 9.15. The minimum absolute atomic E-state index is 0.126. The highest BCUT2D eigenvalue weighted by atomic mass is 35.5. The fourth-order valence-corrected chi connectivity index (χ4v) is 2.33. The molecule has 0 saturated heterocycles. The Morgan fingerprint density at radius 1 is 1.30 bits per heavy atom. The number of carbonyl (C=O) groups is 1. The van der Waals surface area contributed by atoms with Gasteiger partial charge < -0.3 is 29.5 Å². The van der Waals surface area contributed by atoms with Gasteiger partial charge in [0.05, 0.1) is 50.9 Å². The van der Waals surface area contributed by atoms with E-state index in [9.17, 15) is 9.90 Å². The number of carbonyl (C=O) groups excluding carboxylic acids is 1. The minimum atomic E-state index is -0.796. The number of halogens is 1. The summed E-state index contributed by atoms with van der Waals surface area (Å²) in [7, 11) is 1.59. The van der Waals surface area contributed by atoms with Gasteiger partial charge in [-0.05, 0) is 38.5 Å². The molecule has 1 atom stereocenters. The van der Waals surface area contributed by atoms with E-state index in [1.807, 2.05) is 20.8 Å². The number of hydrogen-bond acceptors (Lipinski definition) is 5. The second kappa shape index (κ2) is 12.8. The molecule has 0 aliphatic heterocycles. The highest BCUT2D eigenvalue weighted by Gasteiger charge is 2.16. The third kappa shape index (κ3) is 9.81. The van der Waals surface area contributed by atoms with E-state index in [2.05, 4.69) is 5.32 Å². The van der Waals surface area contributed by atoms with Crippen molar-refractivity contribution in [2.75, 3.05) is 45.3 Å². The molecule has 0 saturated carbocycles. The Morgan fingerprint density at radius 2 is 2.04 bits per heavy atom. The third-order valence-electron chi connectivity index (χ3n) is 3.47. The SMILES string of the molecule is CCCOc1ccc(Cl)cc1NC(=O)N(C)CC(O)COCCOC(C)C. The van der Waals surface area contributed by atoms with Gasteiger partial charge >= 0.3 is 6.03 Å². The molecule has 1 aromatic carbocycles. The standard InChI is InChI=1S/C19H31ClN2O5/c1-5-8-27-18-7-6-15(20)11-17(18)21-19(24)22(4)12-16(23)13-25-9-10-26-14(2)3/h6-7,11,14,16,23H,5,8-10,12-13H2,1-4H3,(H,21,24). The zero-order valence-corrected chi connectivity index (χ0v) is 17.3. The van der Waals surface area contributed by atoms with E-state index in [1.165, 1.54) is 4.90 Å². The zero-order chi connectivity index (χ0) is 20.2. The number of anilines is 1. The summed E-state index contributed by atoms with van der Waals surface area (Å²) in [4.78, 5) is 13.8. The molecule has 1 unspecified atom stereocenters. The Balaban J connectivity index is 2.46. The van der Waals surface area contributed by atoms with Gasteiger partial charge in [0.2, 0.25) is 0 Å². The van der Waals surface area contributed by atoms with E-state index in [4.69, 9.17) is 25.8 Å². The maximum Gasteiger partial charge on any atom is 0.321 e. The fraction of sp³-hybridized carbons (Fsp3) is 0.632. The van der Waals surface area contributed by atoms with E-state index in [0.717, 1.165) is 6.42 Å². The second-order valence-electron chi connectivity index (χ2n) is 6.45. The summed E-state index contributed by atoms with van der Waals surface area (Å²) in [5.41, 5.74) is 0.490. The van der Waals surface area contributed by atoms with E-state index in [-0.39, 0.29) is 25.3 Å². The van der Waals surface area contributed by atoms with Gasteiger partial charge in [-0.15, -0.1) is 0 Å². The molecule has 0 aliphatic carbocycles. The van der Waals surface area contributed by atoms with Gasteiger partial charge in [0, 0.05) is 12.1 Å². The maximum atomic E-state index is 12.4. The number of amides is 2. The van der Waals surface area contributed by atoms with Gasteiger partial charge in [0.15, 0.2) is 0 Å². The zero-order valence-electron chi connectivity index (χ0n) is 16.5. The third-order valence-corrected chi connectivity index (χ3v) is 3.70. The largest absolute Gasteiger partial charge is 0.491 e. The van der Waals surface area contributed by atoms with Crippen molar-refractivity contribution < 1.29 is 24.1 Å². The van der Waals surface area contributed by atoms with Crippen LogP contribution in [0.5, 0.6) is 5.75 Å². The summed E-state index contributed by atoms with van der Waals surface area (Å²) < 4.78 is 16.3. The molecule has 2 amide bonds. The Labute approximate surface area is 166 Å². The first kappa shape index (κ1) is 23.5. The number of hydrogen-bond donors (Lipinski definition) is 2. The van der Waals surface area contributed by atoms with E-state index >= 15 is 0 Å². The van der Waals surface area contributed by atoms with Crippen LogP contribution in [0.2, 0.25) is 5.02 Å². The first-order chi connectivity index (χ1) is 12.8. The summed E-state index contributed by atoms with van der Waals surface area (Å²) in [5.74, 6) is 0.553. The molecule has 0 fully saturated rings. The van der Waals surface area contributed by atoms with Crippen molar-refractivity contribution in [3.63, 3.8) is 0 Å². The molecular formula is C19H31ClN2O5. The van der Waals surface area contributed by atoms with E-state index in [1.54, 1.807) is 25.2 Å². The van der Waals surface area contributed by atoms with Gasteiger partial charge in [0.25, 0.3) is 0 Å². The topological polar surface area (TPSA) is 80.3 Å². The van der Waals surface area contributed by atoms with Gasteiger partial charge in [0.1, 0.15) is 5.75 Å². The molecule has 1 rings (SSSR count). The smallest absolute Gasteiger partial charge is 0.321 e. The Morgan fingerprint density at radius 3 is 2.70 bits per heavy atom. The lowest BCUT2D eigenvalue weighted by Gasteiger charge is -2.22. The first-order valence-corrected chi connectivity index (χ1v) is 9.53. The van der Waals surface area contributed by atoms with Crippen LogP contribution in [0.15, 0.2) is 18.2 Å². The fourth-order valence-electron chi connectivity index (χ4n) is 2.16. The monoisotopic (exact) mass is 402 g/mol. The van der Waals surface area contributed by atoms with Crippen LogP contribution in [0.4, 0.5) is 10.5 Å². The number of nitrogens with one attached hydrogen (secondary N) is 1. The molecule has 2 N–H and O–H groups in total. The van der Waals surface area contributed by atoms with Crippen LogP contribution in [0.25, 0.3) is 0 Å². The van der Waals surface area contributed by atoms with Crippen LogP contribution < -0.4 is 10.1 Å². The lowest BCUT2D eigenvalue weighted by molar-refractivity contribution is -0.0144. The second-order valence-corrected chi connectivity index (χ2v) is 6.88. The summed E-state index contributed by atoms with van der Waals surface area (Å²) in [6, 6.07) is 4.68. The normalized spacial score (nSPS) is 12.1. The maximum absolute atomic E-state index is 12.4. The molecular weight excluding hydrogens is 372 g/mol. The number of aliphatic hydroxyl groups is 1. The summed E-state index contributed by atoms with van der Waals surface area (Å²) in [6.45, 7) is 7.55. The van der Waals surface area contributed by atoms with Crippen molar-refractivity contribution in [1.29, 1.82) is 0 Å². The van der Waals surface area contributed by atoms with Crippen molar-refractivity contribution in [1.82, 2.24) is 4.90 Å². The van der Waals surface area contributed by atoms with Crippen LogP contribution in [0.1, 0.15) is 27.2 Å². The predicted octanol–water partition coefficient (Wildman–Crippen LogP) is 3.40. The molecule has 0 heterocycles. The highest BCUT2D eigenvalue weighted by Crippen LogP contribution is 2.28. The lowest BCUT2D eigenvalue weighted by Crippen LogP contribution is -2.39. The molecule has 0 spiro atoms. The molecule has 0 aromatic heterocycles. The molecule has 27 heavy (non-hydrogen) atoms. The van der Waals surface area contributed by atoms with Crippen molar-refractivity contribution >= 4 is 23.3 Å². The lowest BCUT2D eigenvalue weighted by atomic mass is 10.3. The van der Waals surface area contributed by atoms with Gasteiger partial charge in [-0.2, -0.15) is 0 Å². The van der Waals surface area contributed by atoms with Crippen LogP contribution >= 0.6 is 11.6 Å². The Bertz CT molecular complexity index is 571. The van der Waals surface area contributed by atoms with E-state index in [0.29, 0.717) is 36.3 Å². The molecule has 0 aliphatic rings. The average Bonchev–Trinajstić information content (AvgIpc) is 2.60. The highest BCUT2D eigenvalue weighted by molar-refractivity contribution is 6.31. The Hall–Kier alpha value is -1.54. The molecule has 154 valence electrons. The number of aliphatic hydroxyl groups excluding tert-OH is 1. The molecule has 0 radical (unpaired) electrons. The summed E-state index contributed by atoms with van der Waals surface area (Å²) in [5, 5.41) is 13.3. The minimum Gasteiger partial charge on any atom is -0.491 e. The molecule has 0 bridgehead atoms. The van der Waals surface area contributed by atoms with Crippen molar-refractivity contribution in [3.05, 3.63) is 23.2 Å². The number of ether oxygens (including phenoxy) is 3. The quantitative estimate of drug-likeness (QED) is 0.524. The summed E-state index contributed by atoms with van der Waals surface area (Å²) >= 11 is 6.01. The number of urea groups is 1. The van der Waals surface area contributed by atoms with Gasteiger partial charge in [-0.25, -0.2) is 4.79 Å². The predicted molar refractivity (Wildman–Crippen MR) is 107 cm³/mol. The van der Waals surface area contributed by atoms with Crippen LogP contribution in [-0.2, 0) is 9.47 Å². The van der Waals surface area contributed by atoms with Crippen LogP contribution in [0, 0.1) is 0 Å². The Kier molecular flexibility index (Phi) is 11.1. The number of rotatable bonds is 12. The van der Waals surface area contributed by atoms with Gasteiger partial charge in [-0.1, -0.05) is 18.5 Å². The van der Waals surface area contributed by atoms with Gasteiger partial charge in [-0.3, -0.25) is 0 Å². The average molecular weight is 403 g/mol. The molecule has 7 nitrogen and oxygen atoms in total. The van der Waals surface area contributed by atoms with E-state index < -0.39 is 6.10 Å². The molecule has 8 heteroatoms.